The molecule has 0 bridgehead atoms. The van der Waals surface area contributed by atoms with E-state index in [4.69, 9.17) is 0 Å². The molecule has 0 aromatic heterocycles. The van der Waals surface area contributed by atoms with Crippen LogP contribution in [0.1, 0.15) is 24.0 Å². The lowest BCUT2D eigenvalue weighted by Crippen LogP contribution is -2.54. The van der Waals surface area contributed by atoms with Gasteiger partial charge < -0.3 is 5.11 Å². The first-order valence-electron chi connectivity index (χ1n) is 7.72. The van der Waals surface area contributed by atoms with Crippen LogP contribution >= 0.6 is 0 Å². The minimum Gasteiger partial charge on any atom is -0.384 e. The average Bonchev–Trinajstić information content (AvgIpc) is 2.53. The summed E-state index contributed by atoms with van der Waals surface area (Å²) in [5.41, 5.74) is 1.56. The Balaban J connectivity index is 1.93. The highest BCUT2D eigenvalue weighted by Crippen LogP contribution is 2.37. The maximum absolute atomic E-state index is 11.4. The van der Waals surface area contributed by atoms with Crippen LogP contribution in [0.25, 0.3) is 0 Å². The maximum atomic E-state index is 11.4. The van der Waals surface area contributed by atoms with Crippen LogP contribution in [-0.4, -0.2) is 29.6 Å². The van der Waals surface area contributed by atoms with Gasteiger partial charge in [-0.05, 0) is 44.0 Å². The molecule has 1 heterocycles. The zero-order valence-corrected chi connectivity index (χ0v) is 12.6. The van der Waals surface area contributed by atoms with Gasteiger partial charge in [0, 0.05) is 6.04 Å². The lowest BCUT2D eigenvalue weighted by atomic mass is 9.76. The molecule has 0 spiro atoms. The quantitative estimate of drug-likeness (QED) is 0.934. The van der Waals surface area contributed by atoms with E-state index in [1.807, 2.05) is 24.3 Å². The molecule has 1 aliphatic heterocycles. The van der Waals surface area contributed by atoms with Crippen molar-refractivity contribution in [2.45, 2.75) is 30.9 Å². The molecule has 1 saturated heterocycles. The van der Waals surface area contributed by atoms with Gasteiger partial charge in [-0.2, -0.15) is 0 Å². The third-order valence-electron chi connectivity index (χ3n) is 4.70. The van der Waals surface area contributed by atoms with Gasteiger partial charge in [0.1, 0.15) is 5.60 Å². The number of aliphatic hydroxyl groups is 1. The van der Waals surface area contributed by atoms with Gasteiger partial charge in [-0.3, -0.25) is 4.90 Å². The molecule has 2 nitrogen and oxygen atoms in total. The van der Waals surface area contributed by atoms with Crippen molar-refractivity contribution in [1.82, 2.24) is 4.90 Å². The molecule has 0 radical (unpaired) electrons. The van der Waals surface area contributed by atoms with Gasteiger partial charge in [-0.1, -0.05) is 60.7 Å². The lowest BCUT2D eigenvalue weighted by Gasteiger charge is -2.46. The van der Waals surface area contributed by atoms with E-state index in [1.165, 1.54) is 5.56 Å². The fourth-order valence-corrected chi connectivity index (χ4v) is 3.51. The van der Waals surface area contributed by atoms with Gasteiger partial charge in [0.05, 0.1) is 0 Å². The Bertz CT molecular complexity index is 569. The summed E-state index contributed by atoms with van der Waals surface area (Å²) < 4.78 is 0. The van der Waals surface area contributed by atoms with Crippen LogP contribution in [0.2, 0.25) is 0 Å². The van der Waals surface area contributed by atoms with Crippen LogP contribution < -0.4 is 0 Å². The molecule has 0 saturated carbocycles. The van der Waals surface area contributed by atoms with E-state index >= 15 is 0 Å². The van der Waals surface area contributed by atoms with E-state index in [-0.39, 0.29) is 6.04 Å². The topological polar surface area (TPSA) is 23.5 Å². The normalized spacial score (nSPS) is 26.7. The Morgan fingerprint density at radius 2 is 1.67 bits per heavy atom. The molecule has 0 aliphatic carbocycles. The number of piperidine rings is 1. The van der Waals surface area contributed by atoms with E-state index in [1.54, 1.807) is 0 Å². The summed E-state index contributed by atoms with van der Waals surface area (Å²) in [6.45, 7) is 1.05. The Kier molecular flexibility index (Phi) is 4.09. The standard InChI is InChI=1S/C19H23NO/c1-20-14-8-13-19(21,17-11-6-3-7-12-17)18(20)15-16-9-4-2-5-10-16/h2-7,9-12,18,21H,8,13-15H2,1H3/t18-,19-/m0/s1. The monoisotopic (exact) mass is 281 g/mol. The zero-order chi connectivity index (χ0) is 14.7. The Morgan fingerprint density at radius 3 is 2.33 bits per heavy atom. The second-order valence-corrected chi connectivity index (χ2v) is 6.08. The first kappa shape index (κ1) is 14.3. The van der Waals surface area contributed by atoms with Crippen LogP contribution in [0.5, 0.6) is 0 Å². The van der Waals surface area contributed by atoms with Crippen molar-refractivity contribution >= 4 is 0 Å². The number of likely N-dealkylation sites (N-methyl/N-ethyl adjacent to an activating group) is 1. The van der Waals surface area contributed by atoms with Gasteiger partial charge in [0.25, 0.3) is 0 Å². The van der Waals surface area contributed by atoms with Crippen molar-refractivity contribution in [3.8, 4) is 0 Å². The number of hydrogen-bond donors (Lipinski definition) is 1. The van der Waals surface area contributed by atoms with Gasteiger partial charge in [0.15, 0.2) is 0 Å². The Morgan fingerprint density at radius 1 is 1.05 bits per heavy atom. The van der Waals surface area contributed by atoms with Crippen molar-refractivity contribution in [2.75, 3.05) is 13.6 Å². The van der Waals surface area contributed by atoms with Crippen LogP contribution in [-0.2, 0) is 12.0 Å². The van der Waals surface area contributed by atoms with Gasteiger partial charge in [0.2, 0.25) is 0 Å². The fourth-order valence-electron chi connectivity index (χ4n) is 3.51. The van der Waals surface area contributed by atoms with Crippen molar-refractivity contribution in [3.05, 3.63) is 71.8 Å². The molecule has 1 fully saturated rings. The molecule has 3 rings (SSSR count). The first-order chi connectivity index (χ1) is 10.2. The Labute approximate surface area is 127 Å². The number of benzene rings is 2. The molecule has 1 aliphatic rings. The van der Waals surface area contributed by atoms with E-state index in [0.717, 1.165) is 31.4 Å². The van der Waals surface area contributed by atoms with Crippen LogP contribution in [0.4, 0.5) is 0 Å². The number of hydrogen-bond acceptors (Lipinski definition) is 2. The molecule has 1 N–H and O–H groups in total. The SMILES string of the molecule is CN1CCC[C@](O)(c2ccccc2)[C@@H]1Cc1ccccc1. The third-order valence-corrected chi connectivity index (χ3v) is 4.70. The molecular weight excluding hydrogens is 258 g/mol. The Hall–Kier alpha value is -1.64. The van der Waals surface area contributed by atoms with E-state index in [0.29, 0.717) is 0 Å². The molecule has 2 aromatic rings. The summed E-state index contributed by atoms with van der Waals surface area (Å²) in [5.74, 6) is 0. The van der Waals surface area contributed by atoms with Crippen LogP contribution in [0, 0.1) is 0 Å². The van der Waals surface area contributed by atoms with Crippen LogP contribution in [0.15, 0.2) is 60.7 Å². The number of nitrogens with zero attached hydrogens (tertiary/aromatic N) is 1. The van der Waals surface area contributed by atoms with Crippen molar-refractivity contribution in [1.29, 1.82) is 0 Å². The summed E-state index contributed by atoms with van der Waals surface area (Å²) in [6, 6.07) is 20.7. The predicted octanol–water partition coefficient (Wildman–Crippen LogP) is 3.21. The smallest absolute Gasteiger partial charge is 0.105 e. The second-order valence-electron chi connectivity index (χ2n) is 6.08. The molecule has 2 atom stereocenters. The highest BCUT2D eigenvalue weighted by Gasteiger charge is 2.42. The third kappa shape index (κ3) is 2.87. The number of likely N-dealkylation sites (tertiary alicyclic amines) is 1. The fraction of sp³-hybridized carbons (Fsp3) is 0.368. The average molecular weight is 281 g/mol. The molecule has 21 heavy (non-hydrogen) atoms. The number of rotatable bonds is 3. The summed E-state index contributed by atoms with van der Waals surface area (Å²) in [6.07, 6.45) is 2.74. The molecule has 0 unspecified atom stereocenters. The molecule has 110 valence electrons. The second kappa shape index (κ2) is 6.00. The molecule has 2 heteroatoms. The van der Waals surface area contributed by atoms with Crippen LogP contribution in [0.3, 0.4) is 0 Å². The van der Waals surface area contributed by atoms with Crippen molar-refractivity contribution < 1.29 is 5.11 Å². The summed E-state index contributed by atoms with van der Waals surface area (Å²) in [4.78, 5) is 2.31. The highest BCUT2D eigenvalue weighted by atomic mass is 16.3. The maximum Gasteiger partial charge on any atom is 0.105 e. The largest absolute Gasteiger partial charge is 0.384 e. The molecular formula is C19H23NO. The highest BCUT2D eigenvalue weighted by molar-refractivity contribution is 5.27. The summed E-state index contributed by atoms with van der Waals surface area (Å²) >= 11 is 0. The summed E-state index contributed by atoms with van der Waals surface area (Å²) in [7, 11) is 2.13. The minimum atomic E-state index is -0.760. The molecule has 0 amide bonds. The van der Waals surface area contributed by atoms with E-state index in [9.17, 15) is 5.11 Å². The van der Waals surface area contributed by atoms with Gasteiger partial charge >= 0.3 is 0 Å². The van der Waals surface area contributed by atoms with Gasteiger partial charge in [-0.25, -0.2) is 0 Å². The van der Waals surface area contributed by atoms with E-state index in [2.05, 4.69) is 48.3 Å². The lowest BCUT2D eigenvalue weighted by molar-refractivity contribution is -0.0781. The van der Waals surface area contributed by atoms with Crippen molar-refractivity contribution in [2.24, 2.45) is 0 Å². The van der Waals surface area contributed by atoms with Gasteiger partial charge in [-0.15, -0.1) is 0 Å². The minimum absolute atomic E-state index is 0.121. The molecule has 2 aromatic carbocycles. The van der Waals surface area contributed by atoms with E-state index < -0.39 is 5.60 Å². The zero-order valence-electron chi connectivity index (χ0n) is 12.6. The van der Waals surface area contributed by atoms with Crippen molar-refractivity contribution in [3.63, 3.8) is 0 Å². The first-order valence-corrected chi connectivity index (χ1v) is 7.72. The summed E-state index contributed by atoms with van der Waals surface area (Å²) in [5, 5.41) is 11.4. The predicted molar refractivity (Wildman–Crippen MR) is 86.1 cm³/mol.